The Kier molecular flexibility index (Phi) is 6.71. The quantitative estimate of drug-likeness (QED) is 0.406. The van der Waals surface area contributed by atoms with E-state index in [0.717, 1.165) is 0 Å². The second kappa shape index (κ2) is 8.51. The summed E-state index contributed by atoms with van der Waals surface area (Å²) in [4.78, 5) is 43.3. The van der Waals surface area contributed by atoms with Crippen molar-refractivity contribution in [2.75, 3.05) is 6.61 Å². The van der Waals surface area contributed by atoms with Gasteiger partial charge in [0.05, 0.1) is 0 Å². The first-order valence-electron chi connectivity index (χ1n) is 6.86. The van der Waals surface area contributed by atoms with E-state index < -0.39 is 22.8 Å². The number of carbonyl (C=O) groups is 3. The molecule has 3 amide bonds. The van der Waals surface area contributed by atoms with Crippen molar-refractivity contribution in [1.82, 2.24) is 9.88 Å². The standard InChI is InChI=1S/C13H18N4O6/c1-9-5-6-11(17(21)22)16(9)7-8-23-12(19)4-2-3-10(18)15-13(14)20/h5-6H,2-4,7-8H2,1H3,(H3,14,15,18,20). The molecule has 1 aromatic rings. The Morgan fingerprint density at radius 1 is 1.35 bits per heavy atom. The van der Waals surface area contributed by atoms with Crippen LogP contribution in [0.1, 0.15) is 25.0 Å². The summed E-state index contributed by atoms with van der Waals surface area (Å²) < 4.78 is 6.40. The molecular formula is C13H18N4O6. The molecule has 0 aromatic carbocycles. The van der Waals surface area contributed by atoms with Crippen LogP contribution in [0.4, 0.5) is 10.6 Å². The maximum Gasteiger partial charge on any atom is 0.323 e. The molecule has 0 spiro atoms. The molecule has 0 atom stereocenters. The first-order valence-corrected chi connectivity index (χ1v) is 6.86. The summed E-state index contributed by atoms with van der Waals surface area (Å²) in [5.74, 6) is -1.16. The SMILES string of the molecule is Cc1ccc([N+](=O)[O-])n1CCOC(=O)CCCC(=O)NC(N)=O. The molecule has 3 N–H and O–H groups in total. The smallest absolute Gasteiger partial charge is 0.323 e. The topological polar surface area (TPSA) is 147 Å². The van der Waals surface area contributed by atoms with Gasteiger partial charge in [-0.15, -0.1) is 0 Å². The summed E-state index contributed by atoms with van der Waals surface area (Å²) in [5.41, 5.74) is 5.46. The van der Waals surface area contributed by atoms with Crippen molar-refractivity contribution in [3.63, 3.8) is 0 Å². The van der Waals surface area contributed by atoms with Crippen molar-refractivity contribution in [2.45, 2.75) is 32.7 Å². The summed E-state index contributed by atoms with van der Waals surface area (Å²) in [5, 5.41) is 12.7. The largest absolute Gasteiger partial charge is 0.461 e. The summed E-state index contributed by atoms with van der Waals surface area (Å²) in [6, 6.07) is 2.05. The van der Waals surface area contributed by atoms with E-state index in [1.54, 1.807) is 13.0 Å². The number of imide groups is 1. The van der Waals surface area contributed by atoms with E-state index in [2.05, 4.69) is 0 Å². The molecule has 0 bridgehead atoms. The third-order valence-corrected chi connectivity index (χ3v) is 2.99. The molecule has 0 saturated heterocycles. The van der Waals surface area contributed by atoms with Gasteiger partial charge in [-0.1, -0.05) is 0 Å². The van der Waals surface area contributed by atoms with Crippen LogP contribution in [0.3, 0.4) is 0 Å². The molecule has 0 aliphatic heterocycles. The van der Waals surface area contributed by atoms with Gasteiger partial charge in [-0.2, -0.15) is 0 Å². The molecule has 126 valence electrons. The van der Waals surface area contributed by atoms with Crippen LogP contribution in [0.15, 0.2) is 12.1 Å². The number of esters is 1. The lowest BCUT2D eigenvalue weighted by Crippen LogP contribution is -2.34. The normalized spacial score (nSPS) is 10.1. The fourth-order valence-electron chi connectivity index (χ4n) is 1.92. The number of amides is 3. The van der Waals surface area contributed by atoms with Gasteiger partial charge in [0.2, 0.25) is 5.91 Å². The van der Waals surface area contributed by atoms with E-state index >= 15 is 0 Å². The van der Waals surface area contributed by atoms with Gasteiger partial charge in [-0.25, -0.2) is 9.36 Å². The molecule has 1 heterocycles. The number of nitrogens with zero attached hydrogens (tertiary/aromatic N) is 2. The zero-order chi connectivity index (χ0) is 17.4. The monoisotopic (exact) mass is 326 g/mol. The minimum atomic E-state index is -0.943. The van der Waals surface area contributed by atoms with Crippen molar-refractivity contribution in [3.8, 4) is 0 Å². The third-order valence-electron chi connectivity index (χ3n) is 2.99. The van der Waals surface area contributed by atoms with Gasteiger partial charge < -0.3 is 20.6 Å². The van der Waals surface area contributed by atoms with E-state index in [1.807, 2.05) is 5.32 Å². The minimum Gasteiger partial charge on any atom is -0.461 e. The molecule has 1 aromatic heterocycles. The molecule has 23 heavy (non-hydrogen) atoms. The Morgan fingerprint density at radius 3 is 2.65 bits per heavy atom. The molecule has 10 nitrogen and oxygen atoms in total. The van der Waals surface area contributed by atoms with Crippen LogP contribution in [0.25, 0.3) is 0 Å². The van der Waals surface area contributed by atoms with Crippen LogP contribution in [0.5, 0.6) is 0 Å². The summed E-state index contributed by atoms with van der Waals surface area (Å²) >= 11 is 0. The van der Waals surface area contributed by atoms with Gasteiger partial charge >= 0.3 is 17.8 Å². The number of aryl methyl sites for hydroxylation is 1. The van der Waals surface area contributed by atoms with E-state index in [0.29, 0.717) is 5.69 Å². The summed E-state index contributed by atoms with van der Waals surface area (Å²) in [6.07, 6.45) is 0.180. The highest BCUT2D eigenvalue weighted by Gasteiger charge is 2.16. The fourth-order valence-corrected chi connectivity index (χ4v) is 1.92. The Hall–Kier alpha value is -2.91. The molecule has 10 heteroatoms. The zero-order valence-electron chi connectivity index (χ0n) is 12.6. The lowest BCUT2D eigenvalue weighted by molar-refractivity contribution is -0.392. The molecule has 0 aliphatic rings. The highest BCUT2D eigenvalue weighted by molar-refractivity contribution is 5.93. The first-order chi connectivity index (χ1) is 10.8. The van der Waals surface area contributed by atoms with Gasteiger partial charge in [-0.3, -0.25) is 14.9 Å². The number of hydrogen-bond donors (Lipinski definition) is 2. The maximum atomic E-state index is 11.5. The number of carbonyl (C=O) groups excluding carboxylic acids is 3. The molecule has 0 fully saturated rings. The third kappa shape index (κ3) is 6.16. The van der Waals surface area contributed by atoms with Gasteiger partial charge in [-0.05, 0) is 24.3 Å². The molecule has 0 saturated carbocycles. The maximum absolute atomic E-state index is 11.5. The van der Waals surface area contributed by atoms with Crippen molar-refractivity contribution < 1.29 is 24.0 Å². The number of aromatic nitrogens is 1. The Labute approximate surface area is 131 Å². The molecule has 1 rings (SSSR count). The Bertz CT molecular complexity index is 610. The predicted molar refractivity (Wildman–Crippen MR) is 78.4 cm³/mol. The molecule has 0 unspecified atom stereocenters. The highest BCUT2D eigenvalue weighted by Crippen LogP contribution is 2.16. The number of nitrogens with two attached hydrogens (primary N) is 1. The van der Waals surface area contributed by atoms with Crippen molar-refractivity contribution >= 4 is 23.7 Å². The van der Waals surface area contributed by atoms with Crippen LogP contribution >= 0.6 is 0 Å². The van der Waals surface area contributed by atoms with Crippen LogP contribution in [0.2, 0.25) is 0 Å². The second-order valence-corrected chi connectivity index (χ2v) is 4.73. The number of nitro groups is 1. The lowest BCUT2D eigenvalue weighted by Gasteiger charge is -2.06. The summed E-state index contributed by atoms with van der Waals surface area (Å²) in [6.45, 7) is 1.87. The average Bonchev–Trinajstić information content (AvgIpc) is 2.79. The first kappa shape index (κ1) is 18.1. The van der Waals surface area contributed by atoms with Crippen LogP contribution in [-0.2, 0) is 20.9 Å². The van der Waals surface area contributed by atoms with Crippen molar-refractivity contribution in [1.29, 1.82) is 0 Å². The van der Waals surface area contributed by atoms with Gasteiger partial charge in [0.15, 0.2) is 0 Å². The van der Waals surface area contributed by atoms with Crippen LogP contribution in [-0.4, -0.2) is 34.0 Å². The number of primary amides is 1. The second-order valence-electron chi connectivity index (χ2n) is 4.73. The summed E-state index contributed by atoms with van der Waals surface area (Å²) in [7, 11) is 0. The van der Waals surface area contributed by atoms with Gasteiger partial charge in [0.25, 0.3) is 0 Å². The minimum absolute atomic E-state index is 0.00106. The number of ether oxygens (including phenoxy) is 1. The zero-order valence-corrected chi connectivity index (χ0v) is 12.6. The fraction of sp³-hybridized carbons (Fsp3) is 0.462. The molecular weight excluding hydrogens is 308 g/mol. The van der Waals surface area contributed by atoms with Crippen molar-refractivity contribution in [3.05, 3.63) is 27.9 Å². The number of urea groups is 1. The predicted octanol–water partition coefficient (Wildman–Crippen LogP) is 0.613. The van der Waals surface area contributed by atoms with Gasteiger partial charge in [0.1, 0.15) is 18.8 Å². The van der Waals surface area contributed by atoms with E-state index in [9.17, 15) is 24.5 Å². The lowest BCUT2D eigenvalue weighted by atomic mass is 10.2. The highest BCUT2D eigenvalue weighted by atomic mass is 16.6. The molecule has 0 aliphatic carbocycles. The molecule has 0 radical (unpaired) electrons. The number of rotatable bonds is 8. The van der Waals surface area contributed by atoms with E-state index in [-0.39, 0.29) is 38.2 Å². The van der Waals surface area contributed by atoms with Crippen molar-refractivity contribution in [2.24, 2.45) is 5.73 Å². The number of hydrogen-bond acceptors (Lipinski definition) is 6. The Morgan fingerprint density at radius 2 is 2.04 bits per heavy atom. The Balaban J connectivity index is 2.30. The van der Waals surface area contributed by atoms with E-state index in [4.69, 9.17) is 10.5 Å². The van der Waals surface area contributed by atoms with Gasteiger partial charge in [0, 0.05) is 18.9 Å². The average molecular weight is 326 g/mol. The van der Waals surface area contributed by atoms with Crippen LogP contribution < -0.4 is 11.1 Å². The number of nitrogens with one attached hydrogen (secondary N) is 1. The van der Waals surface area contributed by atoms with E-state index in [1.165, 1.54) is 10.6 Å². The van der Waals surface area contributed by atoms with Crippen LogP contribution in [0, 0.1) is 17.0 Å².